The molecule has 3 aromatic carbocycles. The van der Waals surface area contributed by atoms with Crippen LogP contribution < -0.4 is 10.5 Å². The normalized spacial score (nSPS) is 13.8. The van der Waals surface area contributed by atoms with Crippen molar-refractivity contribution in [2.24, 2.45) is 5.73 Å². The van der Waals surface area contributed by atoms with Crippen molar-refractivity contribution in [3.05, 3.63) is 88.8 Å². The molecule has 0 amide bonds. The Morgan fingerprint density at radius 3 is 2.47 bits per heavy atom. The number of aliphatic hydroxyl groups excluding tert-OH is 2. The van der Waals surface area contributed by atoms with E-state index in [1.807, 2.05) is 24.3 Å². The van der Waals surface area contributed by atoms with E-state index in [2.05, 4.69) is 0 Å². The third-order valence-corrected chi connectivity index (χ3v) is 5.85. The number of hydrogen-bond donors (Lipinski definition) is 3. The topological polar surface area (TPSA) is 75.7 Å². The fourth-order valence-corrected chi connectivity index (χ4v) is 3.90. The van der Waals surface area contributed by atoms with E-state index in [1.165, 1.54) is 11.8 Å². The molecule has 0 aliphatic rings. The average molecular weight is 449 g/mol. The van der Waals surface area contributed by atoms with Crippen LogP contribution in [0.25, 0.3) is 0 Å². The van der Waals surface area contributed by atoms with E-state index >= 15 is 0 Å². The highest BCUT2D eigenvalue weighted by molar-refractivity contribution is 7.99. The number of nitrogens with two attached hydrogens (primary N) is 1. The van der Waals surface area contributed by atoms with Crippen LogP contribution in [-0.2, 0) is 13.0 Å². The number of hydrogen-bond acceptors (Lipinski definition) is 5. The second kappa shape index (κ2) is 10.8. The van der Waals surface area contributed by atoms with Gasteiger partial charge in [-0.1, -0.05) is 65.7 Å². The molecule has 0 heterocycles. The Kier molecular flexibility index (Phi) is 6.02. The van der Waals surface area contributed by atoms with E-state index in [4.69, 9.17) is 28.9 Å². The first-order chi connectivity index (χ1) is 16.6. The van der Waals surface area contributed by atoms with Gasteiger partial charge in [0.25, 0.3) is 0 Å². The molecule has 0 aliphatic heterocycles. The molecule has 0 aliphatic carbocycles. The molecule has 0 radical (unpaired) electrons. The molecule has 158 valence electrons. The van der Waals surface area contributed by atoms with Crippen molar-refractivity contribution in [1.82, 2.24) is 0 Å². The minimum Gasteiger partial charge on any atom is -0.489 e. The van der Waals surface area contributed by atoms with Gasteiger partial charge in [0.2, 0.25) is 0 Å². The highest BCUT2D eigenvalue weighted by atomic mass is 35.5. The number of benzene rings is 3. The van der Waals surface area contributed by atoms with E-state index in [-0.39, 0.29) is 49.6 Å². The van der Waals surface area contributed by atoms with Crippen molar-refractivity contribution >= 4 is 23.4 Å². The van der Waals surface area contributed by atoms with Crippen molar-refractivity contribution in [2.45, 2.75) is 34.8 Å². The highest BCUT2D eigenvalue weighted by Gasteiger charge is 2.23. The Labute approximate surface area is 193 Å². The summed E-state index contributed by atoms with van der Waals surface area (Å²) in [7, 11) is 0. The Morgan fingerprint density at radius 1 is 1.03 bits per heavy atom. The molecule has 0 saturated heterocycles. The Hall–Kier alpha value is -2.02. The lowest BCUT2D eigenvalue weighted by atomic mass is 9.94. The molecule has 4 nitrogen and oxygen atoms in total. The first kappa shape index (κ1) is 16.6. The summed E-state index contributed by atoms with van der Waals surface area (Å²) in [6, 6.07) is 11.1. The van der Waals surface area contributed by atoms with Gasteiger partial charge < -0.3 is 20.7 Å². The predicted octanol–water partition coefficient (Wildman–Crippen LogP) is 4.68. The highest BCUT2D eigenvalue weighted by Crippen LogP contribution is 2.33. The minimum absolute atomic E-state index is 0.0975. The summed E-state index contributed by atoms with van der Waals surface area (Å²) in [5, 5.41) is 19.3. The molecule has 4 N–H and O–H groups in total. The molecule has 0 saturated carbocycles. The summed E-state index contributed by atoms with van der Waals surface area (Å²) in [6.07, 6.45) is 0.904. The van der Waals surface area contributed by atoms with Gasteiger partial charge in [-0.05, 0) is 54.3 Å². The molecule has 3 rings (SSSR count). The average Bonchev–Trinajstić information content (AvgIpc) is 2.86. The van der Waals surface area contributed by atoms with Crippen LogP contribution in [0.3, 0.4) is 0 Å². The summed E-state index contributed by atoms with van der Waals surface area (Å²) in [4.78, 5) is 1.76. The third kappa shape index (κ3) is 6.49. The number of halogens is 1. The predicted molar refractivity (Wildman–Crippen MR) is 122 cm³/mol. The standard InChI is InChI=1S/C24H26ClNO3S/c25-23-14-22(10-9-19(23)11-12-24(26,16-27)17-28)30-21-8-4-7-20(13-21)29-15-18-5-2-1-3-6-18/h1-10,13-14,27-28H,11-12,15-17,26H2/i1D,2D,3D,5D,6D. The van der Waals surface area contributed by atoms with Crippen LogP contribution in [0.4, 0.5) is 0 Å². The molecule has 0 aromatic heterocycles. The minimum atomic E-state index is -1.05. The van der Waals surface area contributed by atoms with Gasteiger partial charge in [-0.3, -0.25) is 0 Å². The van der Waals surface area contributed by atoms with Crippen LogP contribution in [0.2, 0.25) is 5.02 Å². The largest absolute Gasteiger partial charge is 0.489 e. The van der Waals surface area contributed by atoms with Gasteiger partial charge >= 0.3 is 0 Å². The Bertz CT molecular complexity index is 1180. The maximum Gasteiger partial charge on any atom is 0.120 e. The zero-order valence-electron chi connectivity index (χ0n) is 21.2. The molecule has 0 atom stereocenters. The second-order valence-electron chi connectivity index (χ2n) is 6.90. The number of rotatable bonds is 10. The SMILES string of the molecule is [2H]c1c([2H])c([2H])c(COc2cccc(Sc3ccc(CCC(N)(CO)CO)c(Cl)c3)c2)c([2H])c1[2H]. The lowest BCUT2D eigenvalue weighted by molar-refractivity contribution is 0.115. The van der Waals surface area contributed by atoms with Crippen LogP contribution in [-0.4, -0.2) is 29.0 Å². The van der Waals surface area contributed by atoms with Crippen LogP contribution in [0, 0.1) is 0 Å². The number of ether oxygens (including phenoxy) is 1. The zero-order chi connectivity index (χ0) is 25.8. The first-order valence-corrected chi connectivity index (χ1v) is 10.5. The fourth-order valence-electron chi connectivity index (χ4n) is 2.65. The summed E-state index contributed by atoms with van der Waals surface area (Å²) in [6.45, 7) is -0.789. The lowest BCUT2D eigenvalue weighted by Crippen LogP contribution is -2.47. The summed E-state index contributed by atoms with van der Waals surface area (Å²) < 4.78 is 45.0. The zero-order valence-corrected chi connectivity index (χ0v) is 17.8. The fraction of sp³-hybridized carbons (Fsp3) is 0.250. The molecule has 3 aromatic rings. The van der Waals surface area contributed by atoms with Gasteiger partial charge in [0.15, 0.2) is 0 Å². The smallest absolute Gasteiger partial charge is 0.120 e. The van der Waals surface area contributed by atoms with Gasteiger partial charge in [-0.2, -0.15) is 0 Å². The Morgan fingerprint density at radius 2 is 1.77 bits per heavy atom. The van der Waals surface area contributed by atoms with Crippen LogP contribution in [0.5, 0.6) is 5.75 Å². The summed E-state index contributed by atoms with van der Waals surface area (Å²) in [5.74, 6) is 0.497. The van der Waals surface area contributed by atoms with E-state index in [9.17, 15) is 10.2 Å². The van der Waals surface area contributed by atoms with Gasteiger partial charge in [-0.25, -0.2) is 0 Å². The second-order valence-corrected chi connectivity index (χ2v) is 8.46. The quantitative estimate of drug-likeness (QED) is 0.419. The van der Waals surface area contributed by atoms with Crippen LogP contribution >= 0.6 is 23.4 Å². The molecule has 0 bridgehead atoms. The van der Waals surface area contributed by atoms with Gasteiger partial charge in [0.1, 0.15) is 12.4 Å². The molecule has 0 unspecified atom stereocenters. The maximum absolute atomic E-state index is 9.35. The van der Waals surface area contributed by atoms with E-state index in [0.717, 1.165) is 15.4 Å². The van der Waals surface area contributed by atoms with Crippen molar-refractivity contribution in [1.29, 1.82) is 0 Å². The molecule has 0 spiro atoms. The summed E-state index contributed by atoms with van der Waals surface area (Å²) in [5.41, 5.74) is 5.85. The van der Waals surface area contributed by atoms with Crippen molar-refractivity contribution in [2.75, 3.05) is 13.2 Å². The van der Waals surface area contributed by atoms with E-state index in [1.54, 1.807) is 18.2 Å². The van der Waals surface area contributed by atoms with Gasteiger partial charge in [0, 0.05) is 14.8 Å². The molecule has 30 heavy (non-hydrogen) atoms. The molecular weight excluding hydrogens is 418 g/mol. The molecule has 0 fully saturated rings. The number of aryl methyl sites for hydroxylation is 1. The van der Waals surface area contributed by atoms with Crippen LogP contribution in [0.1, 0.15) is 24.4 Å². The third-order valence-electron chi connectivity index (χ3n) is 4.52. The van der Waals surface area contributed by atoms with Crippen LogP contribution in [0.15, 0.2) is 82.5 Å². The molecular formula is C24H26ClNO3S. The van der Waals surface area contributed by atoms with Crippen molar-refractivity contribution in [3.8, 4) is 5.75 Å². The first-order valence-electron chi connectivity index (χ1n) is 11.8. The van der Waals surface area contributed by atoms with E-state index < -0.39 is 11.6 Å². The van der Waals surface area contributed by atoms with Crippen molar-refractivity contribution in [3.63, 3.8) is 0 Å². The monoisotopic (exact) mass is 448 g/mol. The number of aliphatic hydroxyl groups is 2. The van der Waals surface area contributed by atoms with Crippen molar-refractivity contribution < 1.29 is 21.8 Å². The lowest BCUT2D eigenvalue weighted by Gasteiger charge is -2.24. The van der Waals surface area contributed by atoms with E-state index in [0.29, 0.717) is 23.6 Å². The summed E-state index contributed by atoms with van der Waals surface area (Å²) >= 11 is 7.91. The Balaban J connectivity index is 1.69. The van der Waals surface area contributed by atoms with Gasteiger partial charge in [-0.15, -0.1) is 0 Å². The molecule has 6 heteroatoms. The maximum atomic E-state index is 9.35. The van der Waals surface area contributed by atoms with Gasteiger partial charge in [0.05, 0.1) is 25.6 Å².